The second kappa shape index (κ2) is 7.79. The van der Waals surface area contributed by atoms with Crippen molar-refractivity contribution in [2.45, 2.75) is 30.0 Å². The summed E-state index contributed by atoms with van der Waals surface area (Å²) in [5, 5.41) is 10.5. The highest BCUT2D eigenvalue weighted by atomic mass is 32.2. The van der Waals surface area contributed by atoms with Gasteiger partial charge in [0.2, 0.25) is 0 Å². The molecule has 2 heterocycles. The number of β-amino-alcohol motifs (C(OH)–C–C–N with tert-alkyl or cyclic N) is 1. The van der Waals surface area contributed by atoms with Gasteiger partial charge in [-0.3, -0.25) is 9.80 Å². The number of morpholine rings is 1. The van der Waals surface area contributed by atoms with Gasteiger partial charge in [-0.15, -0.1) is 11.8 Å². The smallest absolute Gasteiger partial charge is 0.0822 e. The third-order valence-corrected chi connectivity index (χ3v) is 5.45. The molecule has 5 heteroatoms. The van der Waals surface area contributed by atoms with Crippen molar-refractivity contribution in [2.75, 3.05) is 45.6 Å². The normalized spacial score (nSPS) is 27.9. The maximum atomic E-state index is 10.5. The number of likely N-dealkylation sites (tertiary alicyclic amines) is 1. The standard InChI is InChI=1S/C17H26N2O2S/c1-22-15-4-2-14(3-5-15)12-18-7-6-16(17(20)13-18)19-8-10-21-11-9-19/h2-5,16-17,20H,6-13H2,1H3/t16-,17-/m1/s1. The Morgan fingerprint density at radius 3 is 2.55 bits per heavy atom. The molecular weight excluding hydrogens is 296 g/mol. The maximum Gasteiger partial charge on any atom is 0.0822 e. The van der Waals surface area contributed by atoms with E-state index in [1.807, 2.05) is 0 Å². The predicted octanol–water partition coefficient (Wildman–Crippen LogP) is 1.68. The van der Waals surface area contributed by atoms with E-state index in [9.17, 15) is 5.11 Å². The Kier molecular flexibility index (Phi) is 5.77. The van der Waals surface area contributed by atoms with Crippen LogP contribution in [0.1, 0.15) is 12.0 Å². The molecule has 1 N–H and O–H groups in total. The molecule has 2 fully saturated rings. The minimum absolute atomic E-state index is 0.252. The van der Waals surface area contributed by atoms with Gasteiger partial charge in [-0.2, -0.15) is 0 Å². The van der Waals surface area contributed by atoms with Crippen LogP contribution in [0.2, 0.25) is 0 Å². The molecule has 2 saturated heterocycles. The van der Waals surface area contributed by atoms with Gasteiger partial charge in [0.25, 0.3) is 0 Å². The van der Waals surface area contributed by atoms with Gasteiger partial charge in [0, 0.05) is 43.7 Å². The highest BCUT2D eigenvalue weighted by Gasteiger charge is 2.32. The first-order chi connectivity index (χ1) is 10.8. The molecule has 1 aromatic rings. The number of aliphatic hydroxyl groups excluding tert-OH is 1. The number of hydrogen-bond acceptors (Lipinski definition) is 5. The van der Waals surface area contributed by atoms with Crippen molar-refractivity contribution in [1.82, 2.24) is 9.80 Å². The summed E-state index contributed by atoms with van der Waals surface area (Å²) in [4.78, 5) is 6.07. The molecule has 0 bridgehead atoms. The van der Waals surface area contributed by atoms with E-state index in [2.05, 4.69) is 40.3 Å². The van der Waals surface area contributed by atoms with Crippen molar-refractivity contribution < 1.29 is 9.84 Å². The van der Waals surface area contributed by atoms with Crippen molar-refractivity contribution in [3.05, 3.63) is 29.8 Å². The SMILES string of the molecule is CSc1ccc(CN2CC[C@@H](N3CCOCC3)[C@H](O)C2)cc1. The van der Waals surface area contributed by atoms with E-state index in [0.717, 1.165) is 52.4 Å². The van der Waals surface area contributed by atoms with Crippen LogP contribution in [0.15, 0.2) is 29.2 Å². The van der Waals surface area contributed by atoms with Crippen LogP contribution >= 0.6 is 11.8 Å². The van der Waals surface area contributed by atoms with Crippen LogP contribution in [0.4, 0.5) is 0 Å². The maximum absolute atomic E-state index is 10.5. The fourth-order valence-corrected chi connectivity index (χ4v) is 3.86. The largest absolute Gasteiger partial charge is 0.390 e. The van der Waals surface area contributed by atoms with Gasteiger partial charge in [0.15, 0.2) is 0 Å². The number of piperidine rings is 1. The number of thioether (sulfide) groups is 1. The molecule has 0 radical (unpaired) electrons. The lowest BCUT2D eigenvalue weighted by Gasteiger charge is -2.43. The zero-order chi connectivity index (χ0) is 15.4. The molecule has 2 aliphatic rings. The van der Waals surface area contributed by atoms with Crippen molar-refractivity contribution in [1.29, 1.82) is 0 Å². The molecule has 122 valence electrons. The van der Waals surface area contributed by atoms with Crippen LogP contribution < -0.4 is 0 Å². The van der Waals surface area contributed by atoms with Crippen molar-refractivity contribution >= 4 is 11.8 Å². The number of nitrogens with zero attached hydrogens (tertiary/aromatic N) is 2. The molecule has 0 amide bonds. The Balaban J connectivity index is 1.52. The Bertz CT molecular complexity index is 462. The van der Waals surface area contributed by atoms with Crippen LogP contribution in [-0.2, 0) is 11.3 Å². The second-order valence-corrected chi connectivity index (χ2v) is 7.03. The average molecular weight is 322 g/mol. The molecule has 1 aromatic carbocycles. The van der Waals surface area contributed by atoms with Gasteiger partial charge in [-0.1, -0.05) is 12.1 Å². The quantitative estimate of drug-likeness (QED) is 0.854. The summed E-state index contributed by atoms with van der Waals surface area (Å²) in [6.45, 7) is 6.27. The molecule has 0 spiro atoms. The number of ether oxygens (including phenoxy) is 1. The summed E-state index contributed by atoms with van der Waals surface area (Å²) in [7, 11) is 0. The first kappa shape index (κ1) is 16.3. The zero-order valence-electron chi connectivity index (χ0n) is 13.3. The Hall–Kier alpha value is -0.590. The molecule has 0 aliphatic carbocycles. The van der Waals surface area contributed by atoms with Gasteiger partial charge < -0.3 is 9.84 Å². The molecule has 0 unspecified atom stereocenters. The molecule has 4 nitrogen and oxygen atoms in total. The predicted molar refractivity (Wildman–Crippen MR) is 90.3 cm³/mol. The van der Waals surface area contributed by atoms with Gasteiger partial charge in [-0.05, 0) is 30.4 Å². The highest BCUT2D eigenvalue weighted by Crippen LogP contribution is 2.21. The fourth-order valence-electron chi connectivity index (χ4n) is 3.45. The summed E-state index contributed by atoms with van der Waals surface area (Å²) >= 11 is 1.77. The number of benzene rings is 1. The lowest BCUT2D eigenvalue weighted by molar-refractivity contribution is -0.0534. The highest BCUT2D eigenvalue weighted by molar-refractivity contribution is 7.98. The summed E-state index contributed by atoms with van der Waals surface area (Å²) in [6, 6.07) is 9.06. The van der Waals surface area contributed by atoms with Gasteiger partial charge in [0.05, 0.1) is 19.3 Å². The van der Waals surface area contributed by atoms with Crippen molar-refractivity contribution in [3.63, 3.8) is 0 Å². The van der Waals surface area contributed by atoms with E-state index in [0.29, 0.717) is 6.04 Å². The van der Waals surface area contributed by atoms with E-state index in [-0.39, 0.29) is 6.10 Å². The second-order valence-electron chi connectivity index (χ2n) is 6.15. The lowest BCUT2D eigenvalue weighted by Crippen LogP contribution is -2.56. The van der Waals surface area contributed by atoms with Crippen LogP contribution in [0.3, 0.4) is 0 Å². The van der Waals surface area contributed by atoms with Crippen molar-refractivity contribution in [2.24, 2.45) is 0 Å². The monoisotopic (exact) mass is 322 g/mol. The fraction of sp³-hybridized carbons (Fsp3) is 0.647. The van der Waals surface area contributed by atoms with E-state index in [4.69, 9.17) is 4.74 Å². The molecular formula is C17H26N2O2S. The van der Waals surface area contributed by atoms with E-state index in [1.54, 1.807) is 11.8 Å². The van der Waals surface area contributed by atoms with Crippen molar-refractivity contribution in [3.8, 4) is 0 Å². The average Bonchev–Trinajstić information content (AvgIpc) is 2.56. The summed E-state index contributed by atoms with van der Waals surface area (Å²) < 4.78 is 5.41. The van der Waals surface area contributed by atoms with Crippen LogP contribution in [0, 0.1) is 0 Å². The lowest BCUT2D eigenvalue weighted by atomic mass is 9.99. The number of aliphatic hydroxyl groups is 1. The summed E-state index contributed by atoms with van der Waals surface area (Å²) in [6.07, 6.45) is 2.89. The molecule has 0 aromatic heterocycles. The van der Waals surface area contributed by atoms with Gasteiger partial charge in [-0.25, -0.2) is 0 Å². The molecule has 3 rings (SSSR count). The topological polar surface area (TPSA) is 35.9 Å². The molecule has 22 heavy (non-hydrogen) atoms. The minimum Gasteiger partial charge on any atom is -0.390 e. The Labute approximate surface area is 137 Å². The Morgan fingerprint density at radius 2 is 1.91 bits per heavy atom. The van der Waals surface area contributed by atoms with Crippen LogP contribution in [0.5, 0.6) is 0 Å². The summed E-state index contributed by atoms with van der Waals surface area (Å²) in [5.74, 6) is 0. The van der Waals surface area contributed by atoms with Gasteiger partial charge >= 0.3 is 0 Å². The molecule has 2 aliphatic heterocycles. The van der Waals surface area contributed by atoms with Crippen LogP contribution in [0.25, 0.3) is 0 Å². The van der Waals surface area contributed by atoms with E-state index >= 15 is 0 Å². The third kappa shape index (κ3) is 4.03. The third-order valence-electron chi connectivity index (χ3n) is 4.71. The number of hydrogen-bond donors (Lipinski definition) is 1. The first-order valence-corrected chi connectivity index (χ1v) is 9.34. The van der Waals surface area contributed by atoms with E-state index in [1.165, 1.54) is 10.5 Å². The molecule has 0 saturated carbocycles. The summed E-state index contributed by atoms with van der Waals surface area (Å²) in [5.41, 5.74) is 1.33. The van der Waals surface area contributed by atoms with Gasteiger partial charge in [0.1, 0.15) is 0 Å². The zero-order valence-corrected chi connectivity index (χ0v) is 14.1. The number of rotatable bonds is 4. The van der Waals surface area contributed by atoms with Crippen LogP contribution in [-0.4, -0.2) is 72.7 Å². The van der Waals surface area contributed by atoms with E-state index < -0.39 is 0 Å². The Morgan fingerprint density at radius 1 is 1.18 bits per heavy atom. The first-order valence-electron chi connectivity index (χ1n) is 8.11. The minimum atomic E-state index is -0.252. The molecule has 2 atom stereocenters.